The summed E-state index contributed by atoms with van der Waals surface area (Å²) in [7, 11) is 0. The van der Waals surface area contributed by atoms with Crippen molar-refractivity contribution < 1.29 is 13.6 Å². The van der Waals surface area contributed by atoms with Crippen LogP contribution in [0.25, 0.3) is 0 Å². The molecule has 2 aromatic rings. The molecule has 3 rings (SSSR count). The number of carbonyl (C=O) groups is 1. The molecule has 2 atom stereocenters. The van der Waals surface area contributed by atoms with E-state index >= 15 is 0 Å². The molecule has 2 aromatic carbocycles. The van der Waals surface area contributed by atoms with Crippen LogP contribution in [0.4, 0.5) is 8.78 Å². The van der Waals surface area contributed by atoms with Crippen molar-refractivity contribution in [1.82, 2.24) is 4.90 Å². The van der Waals surface area contributed by atoms with E-state index in [0.717, 1.165) is 17.7 Å². The summed E-state index contributed by atoms with van der Waals surface area (Å²) in [6, 6.07) is 12.0. The van der Waals surface area contributed by atoms with Gasteiger partial charge in [-0.2, -0.15) is 0 Å². The van der Waals surface area contributed by atoms with E-state index in [0.29, 0.717) is 19.6 Å². The van der Waals surface area contributed by atoms with Crippen LogP contribution < -0.4 is 5.73 Å². The molecule has 1 heterocycles. The summed E-state index contributed by atoms with van der Waals surface area (Å²) in [6.07, 6.45) is 0. The molecule has 1 aliphatic rings. The van der Waals surface area contributed by atoms with Gasteiger partial charge in [-0.1, -0.05) is 46.3 Å². The van der Waals surface area contributed by atoms with Crippen LogP contribution in [0.15, 0.2) is 46.9 Å². The summed E-state index contributed by atoms with van der Waals surface area (Å²) in [6.45, 7) is 1.21. The van der Waals surface area contributed by atoms with Crippen LogP contribution in [-0.4, -0.2) is 30.4 Å². The first-order valence-corrected chi connectivity index (χ1v) is 8.49. The molecule has 1 saturated heterocycles. The molecule has 0 aromatic heterocycles. The molecule has 1 aliphatic heterocycles. The molecular formula is C18H18BrClF2N2O. The highest BCUT2D eigenvalue weighted by atomic mass is 79.9. The third-order valence-corrected chi connectivity index (χ3v) is 4.94. The fraction of sp³-hybridized carbons (Fsp3) is 0.278. The molecule has 1 fully saturated rings. The molecular weight excluding hydrogens is 414 g/mol. The smallest absolute Gasteiger partial charge is 0.259 e. The van der Waals surface area contributed by atoms with Crippen LogP contribution in [-0.2, 0) is 0 Å². The summed E-state index contributed by atoms with van der Waals surface area (Å²) in [4.78, 5) is 14.1. The van der Waals surface area contributed by atoms with Gasteiger partial charge in [-0.3, -0.25) is 4.79 Å². The summed E-state index contributed by atoms with van der Waals surface area (Å²) < 4.78 is 28.4. The topological polar surface area (TPSA) is 46.3 Å². The Morgan fingerprint density at radius 2 is 1.76 bits per heavy atom. The van der Waals surface area contributed by atoms with Gasteiger partial charge >= 0.3 is 0 Å². The first-order chi connectivity index (χ1) is 11.5. The minimum atomic E-state index is -0.862. The van der Waals surface area contributed by atoms with Crippen molar-refractivity contribution in [3.63, 3.8) is 0 Å². The van der Waals surface area contributed by atoms with E-state index in [1.54, 1.807) is 0 Å². The Bertz CT molecular complexity index is 737. The zero-order chi connectivity index (χ0) is 17.3. The van der Waals surface area contributed by atoms with Crippen LogP contribution in [0.1, 0.15) is 21.8 Å². The molecule has 0 unspecified atom stereocenters. The fourth-order valence-corrected chi connectivity index (χ4v) is 3.66. The van der Waals surface area contributed by atoms with Gasteiger partial charge in [-0.25, -0.2) is 8.78 Å². The molecule has 3 nitrogen and oxygen atoms in total. The second-order valence-electron chi connectivity index (χ2n) is 5.97. The van der Waals surface area contributed by atoms with E-state index < -0.39 is 23.1 Å². The van der Waals surface area contributed by atoms with E-state index in [1.165, 1.54) is 4.90 Å². The van der Waals surface area contributed by atoms with Gasteiger partial charge in [-0.05, 0) is 30.2 Å². The second-order valence-corrected chi connectivity index (χ2v) is 6.88. The lowest BCUT2D eigenvalue weighted by atomic mass is 9.89. The third kappa shape index (κ3) is 4.02. The Kier molecular flexibility index (Phi) is 6.54. The molecule has 25 heavy (non-hydrogen) atoms. The fourth-order valence-electron chi connectivity index (χ4n) is 3.26. The van der Waals surface area contributed by atoms with E-state index in [9.17, 15) is 13.6 Å². The highest BCUT2D eigenvalue weighted by molar-refractivity contribution is 9.10. The molecule has 7 heteroatoms. The minimum absolute atomic E-state index is 0. The number of halogens is 4. The van der Waals surface area contributed by atoms with Gasteiger partial charge < -0.3 is 10.6 Å². The monoisotopic (exact) mass is 430 g/mol. The maximum absolute atomic E-state index is 14.1. The van der Waals surface area contributed by atoms with Gasteiger partial charge in [0.2, 0.25) is 0 Å². The zero-order valence-corrected chi connectivity index (χ0v) is 15.7. The maximum Gasteiger partial charge on any atom is 0.259 e. The number of hydrogen-bond donors (Lipinski definition) is 1. The Hall–Kier alpha value is -1.50. The van der Waals surface area contributed by atoms with Gasteiger partial charge in [0.05, 0.1) is 0 Å². The Balaban J connectivity index is 0.00000225. The largest absolute Gasteiger partial charge is 0.337 e. The number of nitrogens with zero attached hydrogens (tertiary/aromatic N) is 1. The van der Waals surface area contributed by atoms with Crippen LogP contribution >= 0.6 is 28.3 Å². The van der Waals surface area contributed by atoms with Crippen molar-refractivity contribution in [2.45, 2.75) is 5.92 Å². The normalized spacial score (nSPS) is 19.6. The molecule has 0 saturated carbocycles. The predicted molar refractivity (Wildman–Crippen MR) is 98.9 cm³/mol. The quantitative estimate of drug-likeness (QED) is 0.799. The van der Waals surface area contributed by atoms with Crippen LogP contribution in [0.3, 0.4) is 0 Å². The van der Waals surface area contributed by atoms with Gasteiger partial charge in [0.1, 0.15) is 17.2 Å². The highest BCUT2D eigenvalue weighted by Gasteiger charge is 2.37. The first-order valence-electron chi connectivity index (χ1n) is 7.70. The van der Waals surface area contributed by atoms with Crippen molar-refractivity contribution in [3.8, 4) is 0 Å². The molecule has 0 bridgehead atoms. The molecule has 2 N–H and O–H groups in total. The van der Waals surface area contributed by atoms with Crippen LogP contribution in [0, 0.1) is 17.6 Å². The van der Waals surface area contributed by atoms with Crippen LogP contribution in [0.5, 0.6) is 0 Å². The lowest BCUT2D eigenvalue weighted by Crippen LogP contribution is -2.31. The van der Waals surface area contributed by atoms with Gasteiger partial charge in [-0.15, -0.1) is 12.4 Å². The van der Waals surface area contributed by atoms with Crippen molar-refractivity contribution >= 4 is 34.2 Å². The third-order valence-electron chi connectivity index (χ3n) is 4.48. The Morgan fingerprint density at radius 1 is 1.16 bits per heavy atom. The number of carbonyl (C=O) groups excluding carboxylic acids is 1. The first kappa shape index (κ1) is 19.8. The standard InChI is InChI=1S/C18H17BrF2N2O.ClH/c19-13-6-15(20)17(16(21)7-13)18(24)23-9-12(8-22)14(10-23)11-4-2-1-3-5-11;/h1-7,12,14H,8-10,22H2;1H/t12-,14+;/m1./s1. The SMILES string of the molecule is Cl.NC[C@@H]1CN(C(=O)c2c(F)cc(Br)cc2F)C[C@H]1c1ccccc1. The molecule has 1 amide bonds. The number of amides is 1. The number of likely N-dealkylation sites (tertiary alicyclic amines) is 1. The minimum Gasteiger partial charge on any atom is -0.337 e. The van der Waals surface area contributed by atoms with Gasteiger partial charge in [0, 0.05) is 23.5 Å². The molecule has 0 radical (unpaired) electrons. The van der Waals surface area contributed by atoms with Crippen LogP contribution in [0.2, 0.25) is 0 Å². The van der Waals surface area contributed by atoms with Crippen molar-refractivity contribution in [3.05, 3.63) is 69.7 Å². The predicted octanol–water partition coefficient (Wildman–Crippen LogP) is 3.96. The summed E-state index contributed by atoms with van der Waals surface area (Å²) >= 11 is 3.02. The lowest BCUT2D eigenvalue weighted by Gasteiger charge is -2.17. The Morgan fingerprint density at radius 3 is 2.32 bits per heavy atom. The molecule has 134 valence electrons. The molecule has 0 aliphatic carbocycles. The highest BCUT2D eigenvalue weighted by Crippen LogP contribution is 2.33. The summed E-state index contributed by atoms with van der Waals surface area (Å²) in [5.41, 5.74) is 6.42. The van der Waals surface area contributed by atoms with Crippen molar-refractivity contribution in [2.24, 2.45) is 11.7 Å². The maximum atomic E-state index is 14.1. The lowest BCUT2D eigenvalue weighted by molar-refractivity contribution is 0.0776. The molecule has 0 spiro atoms. The van der Waals surface area contributed by atoms with Crippen molar-refractivity contribution in [2.75, 3.05) is 19.6 Å². The average Bonchev–Trinajstić information content (AvgIpc) is 2.99. The second kappa shape index (κ2) is 8.25. The van der Waals surface area contributed by atoms with E-state index in [-0.39, 0.29) is 28.7 Å². The van der Waals surface area contributed by atoms with E-state index in [4.69, 9.17) is 5.73 Å². The number of hydrogen-bond acceptors (Lipinski definition) is 2. The van der Waals surface area contributed by atoms with Gasteiger partial charge in [0.25, 0.3) is 5.91 Å². The number of benzene rings is 2. The Labute approximate surface area is 159 Å². The summed E-state index contributed by atoms with van der Waals surface area (Å²) in [5, 5.41) is 0. The zero-order valence-electron chi connectivity index (χ0n) is 13.3. The van der Waals surface area contributed by atoms with E-state index in [1.807, 2.05) is 30.3 Å². The number of rotatable bonds is 3. The van der Waals surface area contributed by atoms with E-state index in [2.05, 4.69) is 15.9 Å². The van der Waals surface area contributed by atoms with Crippen molar-refractivity contribution in [1.29, 1.82) is 0 Å². The summed E-state index contributed by atoms with van der Waals surface area (Å²) in [5.74, 6) is -2.22. The van der Waals surface area contributed by atoms with Gasteiger partial charge in [0.15, 0.2) is 0 Å². The average molecular weight is 432 g/mol. The number of nitrogens with two attached hydrogens (primary N) is 1.